The summed E-state index contributed by atoms with van der Waals surface area (Å²) in [6.45, 7) is 7.51. The molecule has 0 amide bonds. The lowest BCUT2D eigenvalue weighted by molar-refractivity contribution is -0.137. The van der Waals surface area contributed by atoms with Gasteiger partial charge in [-0.15, -0.1) is 0 Å². The van der Waals surface area contributed by atoms with Crippen molar-refractivity contribution >= 4 is 5.97 Å². The SMILES string of the molecule is CCOC(=O)/C=C/CNC(C)(C)COC. The molecule has 88 valence electrons. The molecular formula is C11H21NO3. The van der Waals surface area contributed by atoms with Crippen molar-refractivity contribution in [3.63, 3.8) is 0 Å². The zero-order valence-electron chi connectivity index (χ0n) is 10.0. The number of carbonyl (C=O) groups is 1. The quantitative estimate of drug-likeness (QED) is 0.510. The van der Waals surface area contributed by atoms with Gasteiger partial charge in [0, 0.05) is 25.3 Å². The van der Waals surface area contributed by atoms with Gasteiger partial charge in [0.15, 0.2) is 0 Å². The van der Waals surface area contributed by atoms with Crippen LogP contribution in [0.2, 0.25) is 0 Å². The smallest absolute Gasteiger partial charge is 0.330 e. The predicted molar refractivity (Wildman–Crippen MR) is 59.7 cm³/mol. The van der Waals surface area contributed by atoms with Gasteiger partial charge in [-0.25, -0.2) is 4.79 Å². The van der Waals surface area contributed by atoms with Gasteiger partial charge in [0.05, 0.1) is 13.2 Å². The van der Waals surface area contributed by atoms with Gasteiger partial charge < -0.3 is 14.8 Å². The van der Waals surface area contributed by atoms with Crippen molar-refractivity contribution in [3.8, 4) is 0 Å². The van der Waals surface area contributed by atoms with E-state index in [1.165, 1.54) is 6.08 Å². The molecule has 0 fully saturated rings. The van der Waals surface area contributed by atoms with E-state index >= 15 is 0 Å². The molecule has 0 saturated heterocycles. The van der Waals surface area contributed by atoms with Crippen molar-refractivity contribution in [3.05, 3.63) is 12.2 Å². The van der Waals surface area contributed by atoms with Crippen molar-refractivity contribution < 1.29 is 14.3 Å². The average Bonchev–Trinajstić information content (AvgIpc) is 2.13. The monoisotopic (exact) mass is 215 g/mol. The van der Waals surface area contributed by atoms with Gasteiger partial charge in [0.2, 0.25) is 0 Å². The lowest BCUT2D eigenvalue weighted by Gasteiger charge is -2.24. The summed E-state index contributed by atoms with van der Waals surface area (Å²) in [5.74, 6) is -0.302. The first-order chi connectivity index (χ1) is 7.02. The highest BCUT2D eigenvalue weighted by Gasteiger charge is 2.14. The molecule has 0 aromatic rings. The second kappa shape index (κ2) is 7.43. The number of carbonyl (C=O) groups excluding carboxylic acids is 1. The van der Waals surface area contributed by atoms with E-state index in [-0.39, 0.29) is 11.5 Å². The fraction of sp³-hybridized carbons (Fsp3) is 0.727. The third kappa shape index (κ3) is 8.15. The Balaban J connectivity index is 3.73. The van der Waals surface area contributed by atoms with Crippen molar-refractivity contribution in [2.24, 2.45) is 0 Å². The molecular weight excluding hydrogens is 194 g/mol. The number of esters is 1. The van der Waals surface area contributed by atoms with E-state index in [9.17, 15) is 4.79 Å². The number of ether oxygens (including phenoxy) is 2. The fourth-order valence-corrected chi connectivity index (χ4v) is 1.09. The van der Waals surface area contributed by atoms with Gasteiger partial charge in [0.1, 0.15) is 0 Å². The van der Waals surface area contributed by atoms with Crippen LogP contribution in [0, 0.1) is 0 Å². The molecule has 0 saturated carbocycles. The van der Waals surface area contributed by atoms with Crippen LogP contribution in [0.15, 0.2) is 12.2 Å². The maximum atomic E-state index is 10.9. The van der Waals surface area contributed by atoms with Crippen LogP contribution in [-0.2, 0) is 14.3 Å². The van der Waals surface area contributed by atoms with Crippen molar-refractivity contribution in [1.82, 2.24) is 5.32 Å². The van der Waals surface area contributed by atoms with Gasteiger partial charge >= 0.3 is 5.97 Å². The van der Waals surface area contributed by atoms with Gasteiger partial charge in [-0.1, -0.05) is 6.08 Å². The molecule has 1 N–H and O–H groups in total. The van der Waals surface area contributed by atoms with Gasteiger partial charge in [-0.2, -0.15) is 0 Å². The second-order valence-electron chi connectivity index (χ2n) is 3.85. The van der Waals surface area contributed by atoms with Crippen LogP contribution in [-0.4, -0.2) is 38.4 Å². The highest BCUT2D eigenvalue weighted by molar-refractivity contribution is 5.81. The molecule has 0 aromatic carbocycles. The molecule has 0 aromatic heterocycles. The normalized spacial score (nSPS) is 12.0. The Morgan fingerprint density at radius 1 is 1.47 bits per heavy atom. The maximum absolute atomic E-state index is 10.9. The van der Waals surface area contributed by atoms with E-state index in [2.05, 4.69) is 5.32 Å². The molecule has 0 atom stereocenters. The van der Waals surface area contributed by atoms with Gasteiger partial charge in [-0.3, -0.25) is 0 Å². The molecule has 0 rings (SSSR count). The van der Waals surface area contributed by atoms with Crippen LogP contribution in [0.25, 0.3) is 0 Å². The fourth-order valence-electron chi connectivity index (χ4n) is 1.09. The summed E-state index contributed by atoms with van der Waals surface area (Å²) in [4.78, 5) is 10.9. The molecule has 4 nitrogen and oxygen atoms in total. The summed E-state index contributed by atoms with van der Waals surface area (Å²) < 4.78 is 9.79. The molecule has 0 aliphatic rings. The second-order valence-corrected chi connectivity index (χ2v) is 3.85. The number of nitrogens with one attached hydrogen (secondary N) is 1. The minimum atomic E-state index is -0.302. The van der Waals surface area contributed by atoms with Crippen LogP contribution in [0.3, 0.4) is 0 Å². The highest BCUT2D eigenvalue weighted by atomic mass is 16.5. The van der Waals surface area contributed by atoms with Crippen LogP contribution >= 0.6 is 0 Å². The summed E-state index contributed by atoms with van der Waals surface area (Å²) in [6.07, 6.45) is 3.18. The van der Waals surface area contributed by atoms with Crippen LogP contribution in [0.5, 0.6) is 0 Å². The van der Waals surface area contributed by atoms with E-state index < -0.39 is 0 Å². The van der Waals surface area contributed by atoms with E-state index in [0.29, 0.717) is 19.8 Å². The molecule has 0 aliphatic heterocycles. The van der Waals surface area contributed by atoms with Gasteiger partial charge in [-0.05, 0) is 20.8 Å². The zero-order valence-corrected chi connectivity index (χ0v) is 10.0. The number of methoxy groups -OCH3 is 1. The average molecular weight is 215 g/mol. The standard InChI is InChI=1S/C11H21NO3/c1-5-15-10(13)7-6-8-12-11(2,3)9-14-4/h6-7,12H,5,8-9H2,1-4H3/b7-6+. The van der Waals surface area contributed by atoms with Crippen LogP contribution in [0.1, 0.15) is 20.8 Å². The predicted octanol–water partition coefficient (Wildman–Crippen LogP) is 1.12. The summed E-state index contributed by atoms with van der Waals surface area (Å²) >= 11 is 0. The van der Waals surface area contributed by atoms with Gasteiger partial charge in [0.25, 0.3) is 0 Å². The largest absolute Gasteiger partial charge is 0.463 e. The third-order valence-electron chi connectivity index (χ3n) is 1.74. The Kier molecular flexibility index (Phi) is 6.99. The van der Waals surface area contributed by atoms with Crippen LogP contribution < -0.4 is 5.32 Å². The van der Waals surface area contributed by atoms with E-state index in [4.69, 9.17) is 9.47 Å². The lowest BCUT2D eigenvalue weighted by atomic mass is 10.1. The van der Waals surface area contributed by atoms with E-state index in [1.54, 1.807) is 20.1 Å². The first-order valence-corrected chi connectivity index (χ1v) is 5.09. The van der Waals surface area contributed by atoms with Crippen molar-refractivity contribution in [1.29, 1.82) is 0 Å². The Labute approximate surface area is 91.6 Å². The molecule has 0 bridgehead atoms. The van der Waals surface area contributed by atoms with E-state index in [1.807, 2.05) is 13.8 Å². The Bertz CT molecular complexity index is 212. The Morgan fingerprint density at radius 2 is 2.13 bits per heavy atom. The maximum Gasteiger partial charge on any atom is 0.330 e. The van der Waals surface area contributed by atoms with Crippen molar-refractivity contribution in [2.75, 3.05) is 26.9 Å². The Morgan fingerprint density at radius 3 is 2.67 bits per heavy atom. The number of hydrogen-bond acceptors (Lipinski definition) is 4. The summed E-state index contributed by atoms with van der Waals surface area (Å²) in [5.41, 5.74) is -0.0895. The first-order valence-electron chi connectivity index (χ1n) is 5.09. The minimum absolute atomic E-state index is 0.0895. The van der Waals surface area contributed by atoms with E-state index in [0.717, 1.165) is 0 Å². The lowest BCUT2D eigenvalue weighted by Crippen LogP contribution is -2.43. The zero-order chi connectivity index (χ0) is 11.7. The molecule has 0 aliphatic carbocycles. The van der Waals surface area contributed by atoms with Crippen molar-refractivity contribution in [2.45, 2.75) is 26.3 Å². The molecule has 0 radical (unpaired) electrons. The third-order valence-corrected chi connectivity index (χ3v) is 1.74. The molecule has 0 unspecified atom stereocenters. The number of hydrogen-bond donors (Lipinski definition) is 1. The molecule has 0 spiro atoms. The summed E-state index contributed by atoms with van der Waals surface area (Å²) in [7, 11) is 1.66. The summed E-state index contributed by atoms with van der Waals surface area (Å²) in [6, 6.07) is 0. The first kappa shape index (κ1) is 14.1. The highest BCUT2D eigenvalue weighted by Crippen LogP contribution is 2.00. The number of rotatable bonds is 7. The summed E-state index contributed by atoms with van der Waals surface area (Å²) in [5, 5.41) is 3.24. The Hall–Kier alpha value is -0.870. The topological polar surface area (TPSA) is 47.6 Å². The minimum Gasteiger partial charge on any atom is -0.463 e. The molecule has 15 heavy (non-hydrogen) atoms. The molecule has 0 heterocycles. The molecule has 4 heteroatoms. The van der Waals surface area contributed by atoms with Crippen LogP contribution in [0.4, 0.5) is 0 Å².